The molecule has 3 fully saturated rings. The van der Waals surface area contributed by atoms with Gasteiger partial charge in [-0.05, 0) is 54.7 Å². The number of sulfonamides is 1. The van der Waals surface area contributed by atoms with Crippen LogP contribution in [0.2, 0.25) is 0 Å². The quantitative estimate of drug-likeness (QED) is 0.663. The van der Waals surface area contributed by atoms with Crippen LogP contribution in [0.1, 0.15) is 38.7 Å². The molecule has 1 N–H and O–H groups in total. The number of carbonyl (C=O) groups excluding carboxylic acids is 1. The molecule has 8 heteroatoms. The Morgan fingerprint density at radius 3 is 2.57 bits per heavy atom. The first-order chi connectivity index (χ1) is 16.7. The summed E-state index contributed by atoms with van der Waals surface area (Å²) < 4.78 is 41.0. The fraction of sp³-hybridized carbons (Fsp3) is 0.519. The van der Waals surface area contributed by atoms with Crippen molar-refractivity contribution in [1.29, 1.82) is 0 Å². The second-order valence-corrected chi connectivity index (χ2v) is 12.7. The maximum atomic E-state index is 14.1. The zero-order valence-electron chi connectivity index (χ0n) is 20.2. The van der Waals surface area contributed by atoms with Gasteiger partial charge in [-0.1, -0.05) is 44.2 Å². The molecule has 2 aromatic carbocycles. The van der Waals surface area contributed by atoms with Crippen LogP contribution in [-0.2, 0) is 21.2 Å². The van der Waals surface area contributed by atoms with Crippen LogP contribution in [0.15, 0.2) is 53.4 Å². The number of nitrogens with one attached hydrogen (secondary N) is 1. The molecule has 1 amide bonds. The number of rotatable bonds is 6. The van der Waals surface area contributed by atoms with Crippen molar-refractivity contribution in [1.82, 2.24) is 9.62 Å². The van der Waals surface area contributed by atoms with E-state index in [1.54, 1.807) is 18.2 Å². The molecule has 0 aromatic heterocycles. The van der Waals surface area contributed by atoms with Gasteiger partial charge in [0.1, 0.15) is 18.8 Å². The number of piperidine rings is 1. The molecule has 4 atom stereocenters. The molecule has 0 spiro atoms. The van der Waals surface area contributed by atoms with Crippen molar-refractivity contribution < 1.29 is 22.7 Å². The van der Waals surface area contributed by atoms with Gasteiger partial charge in [-0.25, -0.2) is 8.42 Å². The van der Waals surface area contributed by atoms with Gasteiger partial charge in [-0.2, -0.15) is 4.31 Å². The van der Waals surface area contributed by atoms with Gasteiger partial charge in [0.05, 0.1) is 4.90 Å². The molecule has 6 rings (SSSR count). The summed E-state index contributed by atoms with van der Waals surface area (Å²) in [6.45, 7) is 5.97. The maximum absolute atomic E-state index is 14.1. The number of amides is 1. The van der Waals surface area contributed by atoms with Crippen molar-refractivity contribution in [2.24, 2.45) is 16.7 Å². The van der Waals surface area contributed by atoms with Crippen molar-refractivity contribution in [3.8, 4) is 11.5 Å². The lowest BCUT2D eigenvalue weighted by Crippen LogP contribution is -2.64. The Labute approximate surface area is 206 Å². The molecule has 7 nitrogen and oxygen atoms in total. The predicted octanol–water partition coefficient (Wildman–Crippen LogP) is 3.39. The number of fused-ring (bicyclic) bond motifs is 1. The van der Waals surface area contributed by atoms with E-state index in [1.165, 1.54) is 4.31 Å². The van der Waals surface area contributed by atoms with Crippen LogP contribution in [0.5, 0.6) is 11.5 Å². The lowest BCUT2D eigenvalue weighted by atomic mass is 9.65. The Kier molecular flexibility index (Phi) is 5.03. The van der Waals surface area contributed by atoms with Crippen molar-refractivity contribution >= 4 is 15.9 Å². The highest BCUT2D eigenvalue weighted by Crippen LogP contribution is 2.76. The summed E-state index contributed by atoms with van der Waals surface area (Å²) >= 11 is 0. The molecule has 0 radical (unpaired) electrons. The highest BCUT2D eigenvalue weighted by molar-refractivity contribution is 7.89. The van der Waals surface area contributed by atoms with Crippen LogP contribution < -0.4 is 14.8 Å². The highest BCUT2D eigenvalue weighted by Gasteiger charge is 2.81. The van der Waals surface area contributed by atoms with E-state index >= 15 is 0 Å². The maximum Gasteiger partial charge on any atom is 0.244 e. The van der Waals surface area contributed by atoms with E-state index in [9.17, 15) is 13.2 Å². The SMILES string of the molecule is CC12CN(S(=O)(=O)c3ccc4c(c3)OCCO4)C3(C(=O)NCCc4ccccc4)CC1CCC23C. The summed E-state index contributed by atoms with van der Waals surface area (Å²) in [4.78, 5) is 14.2. The first-order valence-electron chi connectivity index (χ1n) is 12.5. The number of benzene rings is 2. The minimum atomic E-state index is -3.95. The number of hydrogen-bond donors (Lipinski definition) is 1. The van der Waals surface area contributed by atoms with Gasteiger partial charge >= 0.3 is 0 Å². The Balaban J connectivity index is 1.35. The largest absolute Gasteiger partial charge is 0.486 e. The molecule has 186 valence electrons. The van der Waals surface area contributed by atoms with E-state index in [0.29, 0.717) is 56.6 Å². The third kappa shape index (κ3) is 2.99. The van der Waals surface area contributed by atoms with E-state index in [4.69, 9.17) is 9.47 Å². The highest BCUT2D eigenvalue weighted by atomic mass is 32.2. The average Bonchev–Trinajstić information content (AvgIpc) is 3.33. The lowest BCUT2D eigenvalue weighted by molar-refractivity contribution is -0.135. The van der Waals surface area contributed by atoms with Crippen molar-refractivity contribution in [3.05, 3.63) is 54.1 Å². The summed E-state index contributed by atoms with van der Waals surface area (Å²) in [5.41, 5.74) is -0.595. The van der Waals surface area contributed by atoms with Gasteiger partial charge in [0, 0.05) is 24.6 Å². The van der Waals surface area contributed by atoms with Crippen LogP contribution in [0.25, 0.3) is 0 Å². The summed E-state index contributed by atoms with van der Waals surface area (Å²) in [6.07, 6.45) is 3.17. The third-order valence-corrected chi connectivity index (χ3v) is 11.4. The standard InChI is InChI=1S/C27H32N2O5S/c1-25-18-29(35(31,32)21-8-9-22-23(16-21)34-15-14-33-22)27(17-20(25)10-12-26(25,27)2)24(30)28-13-11-19-6-4-3-5-7-19/h3-9,16,20H,10-15,17-18H2,1-2H3,(H,28,30). The molecule has 2 aliphatic heterocycles. The first kappa shape index (κ1) is 22.9. The van der Waals surface area contributed by atoms with Gasteiger partial charge in [0.2, 0.25) is 15.9 Å². The van der Waals surface area contributed by atoms with Crippen LogP contribution in [0.4, 0.5) is 0 Å². The topological polar surface area (TPSA) is 84.9 Å². The van der Waals surface area contributed by atoms with Gasteiger partial charge < -0.3 is 14.8 Å². The normalized spacial score (nSPS) is 33.1. The molecule has 4 unspecified atom stereocenters. The van der Waals surface area contributed by atoms with Crippen LogP contribution in [0.3, 0.4) is 0 Å². The van der Waals surface area contributed by atoms with Crippen molar-refractivity contribution in [2.75, 3.05) is 26.3 Å². The summed E-state index contributed by atoms with van der Waals surface area (Å²) in [5.74, 6) is 1.16. The minimum Gasteiger partial charge on any atom is -0.486 e. The Bertz CT molecular complexity index is 1280. The molecule has 4 aliphatic rings. The molecule has 35 heavy (non-hydrogen) atoms. The first-order valence-corrected chi connectivity index (χ1v) is 13.9. The summed E-state index contributed by atoms with van der Waals surface area (Å²) in [5, 5.41) is 3.13. The van der Waals surface area contributed by atoms with Crippen LogP contribution >= 0.6 is 0 Å². The molecule has 4 bridgehead atoms. The van der Waals surface area contributed by atoms with Gasteiger partial charge in [-0.3, -0.25) is 4.79 Å². The molecule has 2 aliphatic carbocycles. The average molecular weight is 497 g/mol. The molecule has 2 heterocycles. The molecular formula is C27H32N2O5S. The predicted molar refractivity (Wildman–Crippen MR) is 131 cm³/mol. The summed E-state index contributed by atoms with van der Waals surface area (Å²) in [7, 11) is -3.95. The number of hydrogen-bond acceptors (Lipinski definition) is 5. The molecule has 1 saturated heterocycles. The van der Waals surface area contributed by atoms with E-state index in [0.717, 1.165) is 18.4 Å². The second kappa shape index (κ2) is 7.71. The van der Waals surface area contributed by atoms with Gasteiger partial charge in [0.15, 0.2) is 11.5 Å². The number of nitrogens with zero attached hydrogens (tertiary/aromatic N) is 1. The summed E-state index contributed by atoms with van der Waals surface area (Å²) in [6, 6.07) is 14.8. The Hall–Kier alpha value is -2.58. The van der Waals surface area contributed by atoms with Gasteiger partial charge in [0.25, 0.3) is 0 Å². The van der Waals surface area contributed by atoms with Crippen molar-refractivity contribution in [3.63, 3.8) is 0 Å². The lowest BCUT2D eigenvalue weighted by Gasteiger charge is -2.46. The second-order valence-electron chi connectivity index (χ2n) is 10.9. The third-order valence-electron chi connectivity index (χ3n) is 9.53. The minimum absolute atomic E-state index is 0.147. The van der Waals surface area contributed by atoms with E-state index < -0.39 is 21.0 Å². The fourth-order valence-electron chi connectivity index (χ4n) is 7.39. The smallest absolute Gasteiger partial charge is 0.244 e. The molecular weight excluding hydrogens is 464 g/mol. The van der Waals surface area contributed by atoms with Gasteiger partial charge in [-0.15, -0.1) is 0 Å². The Morgan fingerprint density at radius 2 is 1.83 bits per heavy atom. The van der Waals surface area contributed by atoms with E-state index in [2.05, 4.69) is 19.2 Å². The molecule has 2 saturated carbocycles. The number of carbonyl (C=O) groups is 1. The Morgan fingerprint density at radius 1 is 1.09 bits per heavy atom. The van der Waals surface area contributed by atoms with E-state index in [1.807, 2.05) is 30.3 Å². The monoisotopic (exact) mass is 496 g/mol. The van der Waals surface area contributed by atoms with Crippen molar-refractivity contribution in [2.45, 2.75) is 50.0 Å². The molecule has 2 aromatic rings. The van der Waals surface area contributed by atoms with Crippen LogP contribution in [0, 0.1) is 16.7 Å². The van der Waals surface area contributed by atoms with E-state index in [-0.39, 0.29) is 16.2 Å². The fourth-order valence-corrected chi connectivity index (χ4v) is 9.35. The zero-order chi connectivity index (χ0) is 24.5. The zero-order valence-corrected chi connectivity index (χ0v) is 21.1. The number of ether oxygens (including phenoxy) is 2. The van der Waals surface area contributed by atoms with Crippen LogP contribution in [-0.4, -0.2) is 50.5 Å².